The maximum Gasteiger partial charge on any atom is 0.199 e. The Balaban J connectivity index is 2.50. The fourth-order valence-electron chi connectivity index (χ4n) is 0.982. The standard InChI is InChI=1S/C7H6O2S/c8-5-2-4-10-6-1-3-9-7(5)6/h1,3H,2,4H2. The Morgan fingerprint density at radius 3 is 3.30 bits per heavy atom. The smallest absolute Gasteiger partial charge is 0.199 e. The van der Waals surface area contributed by atoms with Gasteiger partial charge in [-0.05, 0) is 6.07 Å². The molecule has 2 rings (SSSR count). The molecule has 52 valence electrons. The zero-order chi connectivity index (χ0) is 6.97. The van der Waals surface area contributed by atoms with Crippen LogP contribution in [0.3, 0.4) is 0 Å². The van der Waals surface area contributed by atoms with Crippen molar-refractivity contribution in [3.8, 4) is 0 Å². The van der Waals surface area contributed by atoms with E-state index in [0.717, 1.165) is 10.6 Å². The summed E-state index contributed by atoms with van der Waals surface area (Å²) in [5.74, 6) is 1.58. The minimum Gasteiger partial charge on any atom is -0.460 e. The number of hydrogen-bond acceptors (Lipinski definition) is 3. The van der Waals surface area contributed by atoms with E-state index in [1.165, 1.54) is 0 Å². The van der Waals surface area contributed by atoms with Gasteiger partial charge in [-0.2, -0.15) is 0 Å². The maximum absolute atomic E-state index is 11.0. The van der Waals surface area contributed by atoms with Gasteiger partial charge in [0.15, 0.2) is 11.5 Å². The van der Waals surface area contributed by atoms with E-state index in [9.17, 15) is 4.79 Å². The summed E-state index contributed by atoms with van der Waals surface area (Å²) >= 11 is 1.68. The first kappa shape index (κ1) is 6.04. The number of fused-ring (bicyclic) bond motifs is 1. The number of Topliss-reactive ketones (excluding diaryl/α,β-unsaturated/α-hetero) is 1. The first-order chi connectivity index (χ1) is 4.88. The summed E-state index contributed by atoms with van der Waals surface area (Å²) in [6, 6.07) is 1.84. The zero-order valence-corrected chi connectivity index (χ0v) is 6.11. The molecule has 0 amide bonds. The highest BCUT2D eigenvalue weighted by molar-refractivity contribution is 7.99. The number of furan rings is 1. The van der Waals surface area contributed by atoms with Crippen molar-refractivity contribution in [1.82, 2.24) is 0 Å². The van der Waals surface area contributed by atoms with Crippen molar-refractivity contribution in [2.75, 3.05) is 5.75 Å². The number of carbonyl (C=O) groups excluding carboxylic acids is 1. The first-order valence-electron chi connectivity index (χ1n) is 3.11. The van der Waals surface area contributed by atoms with E-state index in [0.29, 0.717) is 12.2 Å². The van der Waals surface area contributed by atoms with Gasteiger partial charge in [-0.15, -0.1) is 11.8 Å². The quantitative estimate of drug-likeness (QED) is 0.572. The lowest BCUT2D eigenvalue weighted by Gasteiger charge is -2.05. The minimum absolute atomic E-state index is 0.138. The fourth-order valence-corrected chi connectivity index (χ4v) is 1.93. The molecular weight excluding hydrogens is 148 g/mol. The maximum atomic E-state index is 11.0. The molecule has 0 aliphatic carbocycles. The van der Waals surface area contributed by atoms with E-state index in [1.807, 2.05) is 6.07 Å². The van der Waals surface area contributed by atoms with Gasteiger partial charge >= 0.3 is 0 Å². The summed E-state index contributed by atoms with van der Waals surface area (Å²) in [6.07, 6.45) is 2.19. The molecule has 0 N–H and O–H groups in total. The van der Waals surface area contributed by atoms with E-state index in [-0.39, 0.29) is 5.78 Å². The van der Waals surface area contributed by atoms with Gasteiger partial charge in [0.1, 0.15) is 0 Å². The number of ketones is 1. The van der Waals surface area contributed by atoms with Gasteiger partial charge in [-0.25, -0.2) is 0 Å². The Bertz CT molecular complexity index is 264. The Kier molecular flexibility index (Phi) is 1.31. The summed E-state index contributed by atoms with van der Waals surface area (Å²) in [5.41, 5.74) is 0. The number of thioether (sulfide) groups is 1. The van der Waals surface area contributed by atoms with Crippen LogP contribution in [0.15, 0.2) is 21.6 Å². The van der Waals surface area contributed by atoms with Crippen LogP contribution in [0.25, 0.3) is 0 Å². The SMILES string of the molecule is O=C1CCSc2ccoc21. The Hall–Kier alpha value is -0.700. The van der Waals surface area contributed by atoms with Gasteiger partial charge in [0, 0.05) is 12.2 Å². The Morgan fingerprint density at radius 2 is 2.50 bits per heavy atom. The molecule has 1 aromatic rings. The van der Waals surface area contributed by atoms with Gasteiger partial charge in [-0.1, -0.05) is 0 Å². The highest BCUT2D eigenvalue weighted by atomic mass is 32.2. The topological polar surface area (TPSA) is 30.2 Å². The molecule has 0 spiro atoms. The van der Waals surface area contributed by atoms with E-state index < -0.39 is 0 Å². The number of hydrogen-bond donors (Lipinski definition) is 0. The van der Waals surface area contributed by atoms with Crippen molar-refractivity contribution in [2.24, 2.45) is 0 Å². The lowest BCUT2D eigenvalue weighted by molar-refractivity contribution is 0.0956. The van der Waals surface area contributed by atoms with E-state index >= 15 is 0 Å². The fraction of sp³-hybridized carbons (Fsp3) is 0.286. The van der Waals surface area contributed by atoms with Gasteiger partial charge in [0.05, 0.1) is 11.2 Å². The third kappa shape index (κ3) is 0.778. The first-order valence-corrected chi connectivity index (χ1v) is 4.10. The lowest BCUT2D eigenvalue weighted by atomic mass is 10.2. The molecule has 0 unspecified atom stereocenters. The van der Waals surface area contributed by atoms with E-state index in [1.54, 1.807) is 18.0 Å². The van der Waals surface area contributed by atoms with Crippen molar-refractivity contribution < 1.29 is 9.21 Å². The summed E-state index contributed by atoms with van der Waals surface area (Å²) < 4.78 is 5.00. The molecule has 0 bridgehead atoms. The summed E-state index contributed by atoms with van der Waals surface area (Å²) in [5, 5.41) is 0. The molecule has 10 heavy (non-hydrogen) atoms. The van der Waals surface area contributed by atoms with Gasteiger partial charge in [0.25, 0.3) is 0 Å². The largest absolute Gasteiger partial charge is 0.460 e. The van der Waals surface area contributed by atoms with Crippen molar-refractivity contribution in [1.29, 1.82) is 0 Å². The molecule has 1 aromatic heterocycles. The average Bonchev–Trinajstić information content (AvgIpc) is 2.36. The molecule has 1 aliphatic heterocycles. The van der Waals surface area contributed by atoms with Crippen LogP contribution >= 0.6 is 11.8 Å². The highest BCUT2D eigenvalue weighted by Gasteiger charge is 2.19. The molecule has 1 aliphatic rings. The van der Waals surface area contributed by atoms with Crippen LogP contribution in [0.2, 0.25) is 0 Å². The average molecular weight is 154 g/mol. The van der Waals surface area contributed by atoms with Crippen LogP contribution in [0.1, 0.15) is 17.0 Å². The number of carbonyl (C=O) groups is 1. The van der Waals surface area contributed by atoms with Crippen LogP contribution in [-0.4, -0.2) is 11.5 Å². The summed E-state index contributed by atoms with van der Waals surface area (Å²) in [7, 11) is 0. The molecule has 2 nitrogen and oxygen atoms in total. The second kappa shape index (κ2) is 2.16. The number of rotatable bonds is 0. The third-order valence-corrected chi connectivity index (χ3v) is 2.51. The van der Waals surface area contributed by atoms with Crippen LogP contribution in [-0.2, 0) is 0 Å². The molecule has 0 saturated heterocycles. The van der Waals surface area contributed by atoms with Crippen molar-refractivity contribution >= 4 is 17.5 Å². The minimum atomic E-state index is 0.138. The highest BCUT2D eigenvalue weighted by Crippen LogP contribution is 2.30. The van der Waals surface area contributed by atoms with Gasteiger partial charge in [-0.3, -0.25) is 4.79 Å². The second-order valence-electron chi connectivity index (χ2n) is 2.14. The van der Waals surface area contributed by atoms with Crippen molar-refractivity contribution in [2.45, 2.75) is 11.3 Å². The molecule has 0 aromatic carbocycles. The van der Waals surface area contributed by atoms with E-state index in [4.69, 9.17) is 4.42 Å². The predicted molar refractivity (Wildman–Crippen MR) is 38.4 cm³/mol. The predicted octanol–water partition coefficient (Wildman–Crippen LogP) is 1.96. The molecule has 0 saturated carbocycles. The van der Waals surface area contributed by atoms with Crippen LogP contribution in [0.4, 0.5) is 0 Å². The molecule has 0 radical (unpaired) electrons. The summed E-state index contributed by atoms with van der Waals surface area (Å²) in [6.45, 7) is 0. The van der Waals surface area contributed by atoms with Crippen LogP contribution in [0, 0.1) is 0 Å². The van der Waals surface area contributed by atoms with Gasteiger partial charge in [0.2, 0.25) is 0 Å². The molecule has 0 atom stereocenters. The molecule has 0 fully saturated rings. The Morgan fingerprint density at radius 1 is 1.60 bits per heavy atom. The zero-order valence-electron chi connectivity index (χ0n) is 5.29. The molecule has 2 heterocycles. The normalized spacial score (nSPS) is 17.0. The monoisotopic (exact) mass is 154 g/mol. The van der Waals surface area contributed by atoms with Crippen molar-refractivity contribution in [3.05, 3.63) is 18.1 Å². The van der Waals surface area contributed by atoms with Crippen molar-refractivity contribution in [3.63, 3.8) is 0 Å². The van der Waals surface area contributed by atoms with Crippen LogP contribution < -0.4 is 0 Å². The molecular formula is C7H6O2S. The second-order valence-corrected chi connectivity index (χ2v) is 3.27. The summed E-state index contributed by atoms with van der Waals surface area (Å²) in [4.78, 5) is 12.0. The van der Waals surface area contributed by atoms with E-state index in [2.05, 4.69) is 0 Å². The third-order valence-electron chi connectivity index (χ3n) is 1.47. The lowest BCUT2D eigenvalue weighted by Crippen LogP contribution is -2.04. The van der Waals surface area contributed by atoms with Gasteiger partial charge < -0.3 is 4.42 Å². The molecule has 3 heteroatoms. The Labute approximate surface area is 62.6 Å². The van der Waals surface area contributed by atoms with Crippen LogP contribution in [0.5, 0.6) is 0 Å².